The quantitative estimate of drug-likeness (QED) is 0.553. The van der Waals surface area contributed by atoms with E-state index in [2.05, 4.69) is 4.98 Å². The Morgan fingerprint density at radius 1 is 1.50 bits per heavy atom. The smallest absolute Gasteiger partial charge is 0.292 e. The second kappa shape index (κ2) is 3.56. The van der Waals surface area contributed by atoms with Crippen molar-refractivity contribution in [3.63, 3.8) is 0 Å². The molecular formula is C8H13N3O3. The second-order valence-electron chi connectivity index (χ2n) is 3.49. The SMILES string of the molecule is Nc1ncc(CN2C[C@@H](O)[C@@H](O)C2)o1. The maximum Gasteiger partial charge on any atom is 0.292 e. The molecule has 1 aromatic rings. The summed E-state index contributed by atoms with van der Waals surface area (Å²) in [4.78, 5) is 5.64. The average molecular weight is 199 g/mol. The van der Waals surface area contributed by atoms with Crippen LogP contribution in [0, 0.1) is 0 Å². The predicted molar refractivity (Wildman–Crippen MR) is 48.2 cm³/mol. The summed E-state index contributed by atoms with van der Waals surface area (Å²) in [5, 5.41) is 18.6. The molecule has 78 valence electrons. The molecule has 0 amide bonds. The van der Waals surface area contributed by atoms with Crippen LogP contribution in [-0.2, 0) is 6.54 Å². The number of nitrogen functional groups attached to an aromatic ring is 1. The van der Waals surface area contributed by atoms with Gasteiger partial charge in [-0.25, -0.2) is 4.98 Å². The number of β-amino-alcohol motifs (C(OH)–C–C–N with tert-alkyl or cyclic N) is 2. The summed E-state index contributed by atoms with van der Waals surface area (Å²) in [6.45, 7) is 1.40. The standard InChI is InChI=1S/C8H13N3O3/c9-8-10-1-5(14-8)2-11-3-6(12)7(13)4-11/h1,6-7,12-13H,2-4H2,(H2,9,10)/t6-,7+. The molecule has 4 N–H and O–H groups in total. The highest BCUT2D eigenvalue weighted by atomic mass is 16.4. The van der Waals surface area contributed by atoms with Gasteiger partial charge in [0.15, 0.2) is 0 Å². The lowest BCUT2D eigenvalue weighted by atomic mass is 10.3. The minimum Gasteiger partial charge on any atom is -0.428 e. The fourth-order valence-electron chi connectivity index (χ4n) is 1.59. The number of anilines is 1. The number of nitrogens with zero attached hydrogens (tertiary/aromatic N) is 2. The lowest BCUT2D eigenvalue weighted by molar-refractivity contribution is 0.0572. The van der Waals surface area contributed by atoms with Crippen molar-refractivity contribution in [2.45, 2.75) is 18.8 Å². The van der Waals surface area contributed by atoms with Gasteiger partial charge < -0.3 is 20.4 Å². The van der Waals surface area contributed by atoms with E-state index in [1.807, 2.05) is 4.90 Å². The third kappa shape index (κ3) is 1.87. The highest BCUT2D eigenvalue weighted by Crippen LogP contribution is 2.14. The Morgan fingerprint density at radius 3 is 2.64 bits per heavy atom. The fraction of sp³-hybridized carbons (Fsp3) is 0.625. The van der Waals surface area contributed by atoms with E-state index in [9.17, 15) is 10.2 Å². The average Bonchev–Trinajstić information content (AvgIpc) is 2.62. The lowest BCUT2D eigenvalue weighted by Gasteiger charge is -2.11. The summed E-state index contributed by atoms with van der Waals surface area (Å²) in [6.07, 6.45) is 0.206. The molecule has 1 fully saturated rings. The van der Waals surface area contributed by atoms with Crippen LogP contribution in [-0.4, -0.2) is 45.4 Å². The van der Waals surface area contributed by atoms with Gasteiger partial charge in [0.1, 0.15) is 5.76 Å². The van der Waals surface area contributed by atoms with Crippen LogP contribution in [0.5, 0.6) is 0 Å². The Kier molecular flexibility index (Phi) is 2.40. The molecule has 0 spiro atoms. The summed E-state index contributed by atoms with van der Waals surface area (Å²) in [6, 6.07) is 0.139. The molecule has 0 aliphatic carbocycles. The van der Waals surface area contributed by atoms with E-state index >= 15 is 0 Å². The molecule has 2 rings (SSSR count). The first-order valence-corrected chi connectivity index (χ1v) is 4.44. The second-order valence-corrected chi connectivity index (χ2v) is 3.49. The number of likely N-dealkylation sites (tertiary alicyclic amines) is 1. The van der Waals surface area contributed by atoms with E-state index in [-0.39, 0.29) is 6.01 Å². The zero-order valence-corrected chi connectivity index (χ0v) is 7.63. The summed E-state index contributed by atoms with van der Waals surface area (Å²) in [7, 11) is 0. The normalized spacial score (nSPS) is 28.4. The highest BCUT2D eigenvalue weighted by molar-refractivity contribution is 5.11. The van der Waals surface area contributed by atoms with Gasteiger partial charge in [0.2, 0.25) is 0 Å². The Labute approximate surface area is 81.0 Å². The molecule has 6 nitrogen and oxygen atoms in total. The summed E-state index contributed by atoms with van der Waals surface area (Å²) >= 11 is 0. The third-order valence-corrected chi connectivity index (χ3v) is 2.29. The highest BCUT2D eigenvalue weighted by Gasteiger charge is 2.29. The molecule has 0 unspecified atom stereocenters. The van der Waals surface area contributed by atoms with E-state index in [0.717, 1.165) is 0 Å². The van der Waals surface area contributed by atoms with E-state index in [1.165, 1.54) is 0 Å². The first-order valence-electron chi connectivity index (χ1n) is 4.44. The zero-order valence-electron chi connectivity index (χ0n) is 7.63. The van der Waals surface area contributed by atoms with Gasteiger partial charge in [-0.1, -0.05) is 0 Å². The van der Waals surface area contributed by atoms with Gasteiger partial charge in [-0.3, -0.25) is 4.90 Å². The van der Waals surface area contributed by atoms with Crippen LogP contribution in [0.3, 0.4) is 0 Å². The van der Waals surface area contributed by atoms with Gasteiger partial charge in [0, 0.05) is 13.1 Å². The van der Waals surface area contributed by atoms with E-state index in [4.69, 9.17) is 10.2 Å². The Balaban J connectivity index is 1.93. The summed E-state index contributed by atoms with van der Waals surface area (Å²) in [5.41, 5.74) is 5.31. The van der Waals surface area contributed by atoms with Crippen LogP contribution in [0.15, 0.2) is 10.6 Å². The minimum absolute atomic E-state index is 0.139. The minimum atomic E-state index is -0.671. The molecule has 0 radical (unpaired) electrons. The van der Waals surface area contributed by atoms with Crippen LogP contribution in [0.2, 0.25) is 0 Å². The van der Waals surface area contributed by atoms with Crippen LogP contribution in [0.25, 0.3) is 0 Å². The molecule has 14 heavy (non-hydrogen) atoms. The van der Waals surface area contributed by atoms with Crippen molar-refractivity contribution in [2.24, 2.45) is 0 Å². The van der Waals surface area contributed by atoms with Gasteiger partial charge in [-0.15, -0.1) is 0 Å². The van der Waals surface area contributed by atoms with Gasteiger partial charge in [0.05, 0.1) is 24.9 Å². The third-order valence-electron chi connectivity index (χ3n) is 2.29. The van der Waals surface area contributed by atoms with E-state index in [1.54, 1.807) is 6.20 Å². The van der Waals surface area contributed by atoms with Crippen LogP contribution in [0.1, 0.15) is 5.76 Å². The van der Waals surface area contributed by atoms with Gasteiger partial charge in [0.25, 0.3) is 6.01 Å². The monoisotopic (exact) mass is 199 g/mol. The lowest BCUT2D eigenvalue weighted by Crippen LogP contribution is -2.22. The van der Waals surface area contributed by atoms with E-state index < -0.39 is 12.2 Å². The number of aromatic nitrogens is 1. The molecule has 0 bridgehead atoms. The Bertz CT molecular complexity index is 305. The zero-order chi connectivity index (χ0) is 10.1. The fourth-order valence-corrected chi connectivity index (χ4v) is 1.59. The molecule has 1 aliphatic heterocycles. The van der Waals surface area contributed by atoms with Gasteiger partial charge in [-0.2, -0.15) is 0 Å². The molecular weight excluding hydrogens is 186 g/mol. The molecule has 0 saturated carbocycles. The van der Waals surface area contributed by atoms with Crippen molar-refractivity contribution >= 4 is 6.01 Å². The number of hydrogen-bond acceptors (Lipinski definition) is 6. The number of hydrogen-bond donors (Lipinski definition) is 3. The number of nitrogens with two attached hydrogens (primary N) is 1. The predicted octanol–water partition coefficient (Wildman–Crippen LogP) is -1.21. The van der Waals surface area contributed by atoms with Gasteiger partial charge >= 0.3 is 0 Å². The van der Waals surface area contributed by atoms with E-state index in [0.29, 0.717) is 25.4 Å². The molecule has 6 heteroatoms. The largest absolute Gasteiger partial charge is 0.428 e. The number of oxazole rings is 1. The first-order chi connectivity index (χ1) is 6.65. The molecule has 0 aromatic carbocycles. The molecule has 1 aliphatic rings. The van der Waals surface area contributed by atoms with Crippen LogP contribution in [0.4, 0.5) is 6.01 Å². The first kappa shape index (κ1) is 9.45. The molecule has 2 heterocycles. The number of rotatable bonds is 2. The molecule has 2 atom stereocenters. The summed E-state index contributed by atoms with van der Waals surface area (Å²) in [5.74, 6) is 0.642. The summed E-state index contributed by atoms with van der Waals surface area (Å²) < 4.78 is 5.08. The van der Waals surface area contributed by atoms with Crippen molar-refractivity contribution in [2.75, 3.05) is 18.8 Å². The van der Waals surface area contributed by atoms with Crippen molar-refractivity contribution < 1.29 is 14.6 Å². The Hall–Kier alpha value is -1.11. The topological polar surface area (TPSA) is 95.8 Å². The van der Waals surface area contributed by atoms with Crippen LogP contribution < -0.4 is 5.73 Å². The molecule has 1 saturated heterocycles. The number of aliphatic hydroxyl groups is 2. The number of aliphatic hydroxyl groups excluding tert-OH is 2. The Morgan fingerprint density at radius 2 is 2.14 bits per heavy atom. The van der Waals surface area contributed by atoms with Crippen molar-refractivity contribution in [1.82, 2.24) is 9.88 Å². The van der Waals surface area contributed by atoms with Crippen molar-refractivity contribution in [3.8, 4) is 0 Å². The van der Waals surface area contributed by atoms with Gasteiger partial charge in [-0.05, 0) is 0 Å². The van der Waals surface area contributed by atoms with Crippen molar-refractivity contribution in [3.05, 3.63) is 12.0 Å². The van der Waals surface area contributed by atoms with Crippen molar-refractivity contribution in [1.29, 1.82) is 0 Å². The van der Waals surface area contributed by atoms with Crippen LogP contribution >= 0.6 is 0 Å². The maximum atomic E-state index is 9.29. The maximum absolute atomic E-state index is 9.29. The molecule has 1 aromatic heterocycles.